The SMILES string of the molecule is CN1CN(C(Cc2ccccc2)C2=COCO2)C(=O)c2c(O)c(=O)c(C(=O)NCc3ccc(F)cc3F)cn21. The topological polar surface area (TPSA) is 113 Å². The molecule has 2 aliphatic rings. The molecule has 1 unspecified atom stereocenters. The highest BCUT2D eigenvalue weighted by Crippen LogP contribution is 2.28. The van der Waals surface area contributed by atoms with Crippen LogP contribution in [0.5, 0.6) is 5.75 Å². The van der Waals surface area contributed by atoms with E-state index in [1.165, 1.54) is 21.9 Å². The van der Waals surface area contributed by atoms with Gasteiger partial charge in [0.05, 0.1) is 6.04 Å². The molecule has 0 bridgehead atoms. The summed E-state index contributed by atoms with van der Waals surface area (Å²) < 4.78 is 39.2. The Morgan fingerprint density at radius 3 is 2.62 bits per heavy atom. The highest BCUT2D eigenvalue weighted by molar-refractivity contribution is 5.99. The third-order valence-electron chi connectivity index (χ3n) is 6.52. The summed E-state index contributed by atoms with van der Waals surface area (Å²) in [7, 11) is 1.61. The zero-order valence-corrected chi connectivity index (χ0v) is 20.8. The number of aromatic hydroxyl groups is 1. The lowest BCUT2D eigenvalue weighted by Crippen LogP contribution is -2.57. The van der Waals surface area contributed by atoms with Crippen LogP contribution in [-0.4, -0.2) is 53.0 Å². The number of hydrogen-bond acceptors (Lipinski definition) is 7. The fourth-order valence-corrected chi connectivity index (χ4v) is 4.51. The molecule has 1 aromatic heterocycles. The number of hydrogen-bond donors (Lipinski definition) is 2. The van der Waals surface area contributed by atoms with Crippen molar-refractivity contribution in [2.75, 3.05) is 25.5 Å². The van der Waals surface area contributed by atoms with Crippen molar-refractivity contribution in [3.63, 3.8) is 0 Å². The van der Waals surface area contributed by atoms with E-state index in [4.69, 9.17) is 9.47 Å². The van der Waals surface area contributed by atoms with Crippen LogP contribution in [0.1, 0.15) is 32.0 Å². The number of halogens is 2. The van der Waals surface area contributed by atoms with Gasteiger partial charge < -0.3 is 24.8 Å². The molecule has 0 saturated heterocycles. The minimum absolute atomic E-state index is 0.0000802. The van der Waals surface area contributed by atoms with E-state index in [-0.39, 0.29) is 31.3 Å². The summed E-state index contributed by atoms with van der Waals surface area (Å²) in [4.78, 5) is 40.9. The number of carbonyl (C=O) groups excluding carboxylic acids is 2. The van der Waals surface area contributed by atoms with Crippen LogP contribution in [0.4, 0.5) is 8.78 Å². The molecule has 0 radical (unpaired) electrons. The van der Waals surface area contributed by atoms with E-state index >= 15 is 0 Å². The molecule has 10 nitrogen and oxygen atoms in total. The lowest BCUT2D eigenvalue weighted by molar-refractivity contribution is 0.0438. The normalized spacial score (nSPS) is 15.3. The first-order valence-electron chi connectivity index (χ1n) is 12.0. The summed E-state index contributed by atoms with van der Waals surface area (Å²) >= 11 is 0. The number of nitrogens with one attached hydrogen (secondary N) is 1. The Labute approximate surface area is 221 Å². The van der Waals surface area contributed by atoms with E-state index in [2.05, 4.69) is 5.32 Å². The molecule has 2 amide bonds. The van der Waals surface area contributed by atoms with E-state index in [0.717, 1.165) is 17.8 Å². The molecule has 5 rings (SSSR count). The van der Waals surface area contributed by atoms with E-state index in [1.807, 2.05) is 30.3 Å². The molecule has 0 fully saturated rings. The molecule has 2 N–H and O–H groups in total. The molecule has 3 aromatic rings. The first-order chi connectivity index (χ1) is 18.7. The fourth-order valence-electron chi connectivity index (χ4n) is 4.51. The predicted octanol–water partition coefficient (Wildman–Crippen LogP) is 2.20. The van der Waals surface area contributed by atoms with Gasteiger partial charge in [0.15, 0.2) is 17.2 Å². The van der Waals surface area contributed by atoms with Crippen molar-refractivity contribution >= 4 is 11.8 Å². The summed E-state index contributed by atoms with van der Waals surface area (Å²) in [6, 6.07) is 11.7. The maximum absolute atomic E-state index is 14.0. The number of carbonyl (C=O) groups is 2. The van der Waals surface area contributed by atoms with Crippen molar-refractivity contribution in [3.8, 4) is 5.75 Å². The van der Waals surface area contributed by atoms with Crippen LogP contribution in [0.15, 0.2) is 71.5 Å². The third-order valence-corrected chi connectivity index (χ3v) is 6.52. The summed E-state index contributed by atoms with van der Waals surface area (Å²) in [5.74, 6) is -3.67. The average molecular weight is 539 g/mol. The monoisotopic (exact) mass is 538 g/mol. The van der Waals surface area contributed by atoms with E-state index in [0.29, 0.717) is 18.2 Å². The molecular weight excluding hydrogens is 514 g/mol. The molecule has 0 aliphatic carbocycles. The lowest BCUT2D eigenvalue weighted by Gasteiger charge is -2.41. The summed E-state index contributed by atoms with van der Waals surface area (Å²) in [5.41, 5.74) is -0.922. The van der Waals surface area contributed by atoms with Crippen molar-refractivity contribution in [1.29, 1.82) is 0 Å². The Hall–Kier alpha value is -4.87. The number of nitrogens with zero attached hydrogens (tertiary/aromatic N) is 3. The summed E-state index contributed by atoms with van der Waals surface area (Å²) in [6.45, 7) is -0.304. The Morgan fingerprint density at radius 2 is 1.92 bits per heavy atom. The quantitative estimate of drug-likeness (QED) is 0.474. The van der Waals surface area contributed by atoms with E-state index in [1.54, 1.807) is 12.1 Å². The zero-order chi connectivity index (χ0) is 27.7. The second kappa shape index (κ2) is 10.5. The van der Waals surface area contributed by atoms with Crippen molar-refractivity contribution < 1.29 is 33.0 Å². The third kappa shape index (κ3) is 5.00. The predicted molar refractivity (Wildman–Crippen MR) is 134 cm³/mol. The Morgan fingerprint density at radius 1 is 1.15 bits per heavy atom. The average Bonchev–Trinajstić information content (AvgIpc) is 3.46. The number of amides is 2. The first-order valence-corrected chi connectivity index (χ1v) is 12.0. The number of benzene rings is 2. The Balaban J connectivity index is 1.44. The number of fused-ring (bicyclic) bond motifs is 1. The second-order valence-electron chi connectivity index (χ2n) is 9.06. The van der Waals surface area contributed by atoms with Crippen molar-refractivity contribution in [2.45, 2.75) is 19.0 Å². The van der Waals surface area contributed by atoms with E-state index in [9.17, 15) is 28.3 Å². The van der Waals surface area contributed by atoms with Crippen molar-refractivity contribution in [1.82, 2.24) is 14.9 Å². The molecule has 0 spiro atoms. The maximum atomic E-state index is 14.0. The molecule has 3 heterocycles. The lowest BCUT2D eigenvalue weighted by atomic mass is 10.0. The molecule has 202 valence electrons. The molecule has 12 heteroatoms. The van der Waals surface area contributed by atoms with Gasteiger partial charge in [-0.25, -0.2) is 8.78 Å². The fraction of sp³-hybridized carbons (Fsp3) is 0.222. The van der Waals surface area contributed by atoms with Crippen LogP contribution in [0, 0.1) is 11.6 Å². The smallest absolute Gasteiger partial charge is 0.278 e. The molecule has 1 atom stereocenters. The van der Waals surface area contributed by atoms with Gasteiger partial charge in [-0.15, -0.1) is 0 Å². The van der Waals surface area contributed by atoms with Gasteiger partial charge in [0.25, 0.3) is 11.8 Å². The molecule has 2 aromatic carbocycles. The second-order valence-corrected chi connectivity index (χ2v) is 9.06. The summed E-state index contributed by atoms with van der Waals surface area (Å²) in [5, 5.41) is 14.7. The van der Waals surface area contributed by atoms with Crippen LogP contribution in [0.25, 0.3) is 0 Å². The van der Waals surface area contributed by atoms with Gasteiger partial charge in [0.2, 0.25) is 12.2 Å². The largest absolute Gasteiger partial charge is 0.502 e. The summed E-state index contributed by atoms with van der Waals surface area (Å²) in [6.07, 6.45) is 2.95. The number of pyridine rings is 1. The van der Waals surface area contributed by atoms with Gasteiger partial charge in [-0.05, 0) is 11.6 Å². The Kier molecular flexibility index (Phi) is 6.92. The van der Waals surface area contributed by atoms with Gasteiger partial charge in [-0.2, -0.15) is 0 Å². The van der Waals surface area contributed by atoms with E-state index < -0.39 is 46.2 Å². The van der Waals surface area contributed by atoms with Crippen LogP contribution >= 0.6 is 0 Å². The number of aromatic nitrogens is 1. The number of ether oxygens (including phenoxy) is 2. The number of rotatable bonds is 7. The van der Waals surface area contributed by atoms with Gasteiger partial charge in [-0.1, -0.05) is 36.4 Å². The minimum atomic E-state index is -1.07. The first kappa shape index (κ1) is 25.8. The van der Waals surface area contributed by atoms with Crippen LogP contribution < -0.4 is 15.8 Å². The molecule has 39 heavy (non-hydrogen) atoms. The standard InChI is InChI=1S/C27H24F2N4O6/c1-31-14-32(21(22-13-38-15-39-22)9-16-5-3-2-4-6-16)27(37)23-25(35)24(34)19(12-33(23)31)26(36)30-11-17-7-8-18(28)10-20(17)29/h2-8,10,12-13,21,35H,9,11,14-15H2,1H3,(H,30,36). The minimum Gasteiger partial charge on any atom is -0.502 e. The van der Waals surface area contributed by atoms with Crippen LogP contribution in [0.3, 0.4) is 0 Å². The Bertz CT molecular complexity index is 1520. The van der Waals surface area contributed by atoms with Gasteiger partial charge in [0, 0.05) is 37.8 Å². The van der Waals surface area contributed by atoms with Gasteiger partial charge >= 0.3 is 0 Å². The van der Waals surface area contributed by atoms with Crippen LogP contribution in [-0.2, 0) is 22.4 Å². The van der Waals surface area contributed by atoms with Gasteiger partial charge in [-0.3, -0.25) is 24.1 Å². The van der Waals surface area contributed by atoms with Crippen LogP contribution in [0.2, 0.25) is 0 Å². The van der Waals surface area contributed by atoms with Crippen molar-refractivity contribution in [2.24, 2.45) is 0 Å². The molecular formula is C27H24F2N4O6. The highest BCUT2D eigenvalue weighted by atomic mass is 19.1. The van der Waals surface area contributed by atoms with Gasteiger partial charge in [0.1, 0.15) is 30.1 Å². The highest BCUT2D eigenvalue weighted by Gasteiger charge is 2.39. The van der Waals surface area contributed by atoms with Crippen molar-refractivity contribution in [3.05, 3.63) is 111 Å². The molecule has 2 aliphatic heterocycles. The maximum Gasteiger partial charge on any atom is 0.278 e. The molecule has 0 saturated carbocycles. The zero-order valence-electron chi connectivity index (χ0n) is 20.8.